The van der Waals surface area contributed by atoms with Gasteiger partial charge in [-0.3, -0.25) is 0 Å². The van der Waals surface area contributed by atoms with E-state index in [2.05, 4.69) is 42.3 Å². The first-order chi connectivity index (χ1) is 10.3. The Labute approximate surface area is 129 Å². The van der Waals surface area contributed by atoms with Crippen LogP contribution >= 0.6 is 0 Å². The Balaban J connectivity index is 2.00. The summed E-state index contributed by atoms with van der Waals surface area (Å²) < 4.78 is 5.06. The number of nitrogens with zero attached hydrogens (tertiary/aromatic N) is 1. The number of nitrogens with one attached hydrogen (secondary N) is 1. The summed E-state index contributed by atoms with van der Waals surface area (Å²) in [4.78, 5) is 2.60. The Bertz CT molecular complexity index is 427. The highest BCUT2D eigenvalue weighted by atomic mass is 16.5. The van der Waals surface area contributed by atoms with Gasteiger partial charge in [-0.1, -0.05) is 25.0 Å². The predicted molar refractivity (Wildman–Crippen MR) is 90.0 cm³/mol. The molecule has 1 fully saturated rings. The second kappa shape index (κ2) is 8.40. The Kier molecular flexibility index (Phi) is 6.52. The van der Waals surface area contributed by atoms with Gasteiger partial charge < -0.3 is 15.0 Å². The fraction of sp³-hybridized carbons (Fsp3) is 0.667. The molecule has 0 unspecified atom stereocenters. The van der Waals surface area contributed by atoms with Gasteiger partial charge in [0.05, 0.1) is 6.61 Å². The van der Waals surface area contributed by atoms with Crippen molar-refractivity contribution in [3.8, 4) is 0 Å². The van der Waals surface area contributed by atoms with E-state index in [4.69, 9.17) is 4.74 Å². The predicted octanol–water partition coefficient (Wildman–Crippen LogP) is 3.50. The molecule has 0 radical (unpaired) electrons. The van der Waals surface area contributed by atoms with E-state index < -0.39 is 0 Å². The van der Waals surface area contributed by atoms with Crippen molar-refractivity contribution in [2.75, 3.05) is 31.7 Å². The molecule has 1 aromatic carbocycles. The first-order valence-corrected chi connectivity index (χ1v) is 8.32. The molecule has 1 saturated carbocycles. The zero-order valence-corrected chi connectivity index (χ0v) is 13.8. The van der Waals surface area contributed by atoms with Crippen LogP contribution in [0.15, 0.2) is 18.2 Å². The summed E-state index contributed by atoms with van der Waals surface area (Å²) in [6.07, 6.45) is 5.49. The van der Waals surface area contributed by atoms with Gasteiger partial charge in [-0.05, 0) is 43.9 Å². The highest BCUT2D eigenvalue weighted by molar-refractivity contribution is 5.55. The highest BCUT2D eigenvalue weighted by Gasteiger charge is 2.22. The quantitative estimate of drug-likeness (QED) is 0.742. The molecular formula is C18H30N2O. The van der Waals surface area contributed by atoms with Gasteiger partial charge in [0.25, 0.3) is 0 Å². The van der Waals surface area contributed by atoms with Crippen LogP contribution in [-0.2, 0) is 11.3 Å². The van der Waals surface area contributed by atoms with Crippen molar-refractivity contribution in [1.29, 1.82) is 0 Å². The number of anilines is 1. The van der Waals surface area contributed by atoms with Crippen LogP contribution in [0.5, 0.6) is 0 Å². The average Bonchev–Trinajstić information content (AvgIpc) is 3.00. The number of hydrogen-bond donors (Lipinski definition) is 1. The Morgan fingerprint density at radius 3 is 2.67 bits per heavy atom. The third-order valence-corrected chi connectivity index (χ3v) is 4.49. The normalized spacial score (nSPS) is 15.6. The maximum atomic E-state index is 5.06. The molecule has 3 nitrogen and oxygen atoms in total. The standard InChI is InChI=1S/C18H30N2O/c1-4-20(17-7-5-6-8-17)18-10-9-16(13-15(18)2)14-19-11-12-21-3/h9-10,13,17,19H,4-8,11-12,14H2,1-3H3. The van der Waals surface area contributed by atoms with Crippen molar-refractivity contribution in [1.82, 2.24) is 5.32 Å². The molecule has 2 rings (SSSR count). The third kappa shape index (κ3) is 4.45. The molecule has 1 aliphatic rings. The van der Waals surface area contributed by atoms with E-state index >= 15 is 0 Å². The van der Waals surface area contributed by atoms with Crippen LogP contribution in [-0.4, -0.2) is 32.8 Å². The van der Waals surface area contributed by atoms with Crippen LogP contribution in [0, 0.1) is 6.92 Å². The van der Waals surface area contributed by atoms with Crippen molar-refractivity contribution in [2.45, 2.75) is 52.1 Å². The molecule has 3 heteroatoms. The van der Waals surface area contributed by atoms with Crippen LogP contribution in [0.3, 0.4) is 0 Å². The first kappa shape index (κ1) is 16.3. The lowest BCUT2D eigenvalue weighted by atomic mass is 10.1. The van der Waals surface area contributed by atoms with E-state index in [1.54, 1.807) is 7.11 Å². The monoisotopic (exact) mass is 290 g/mol. The average molecular weight is 290 g/mol. The molecule has 1 aliphatic carbocycles. The third-order valence-electron chi connectivity index (χ3n) is 4.49. The molecule has 118 valence electrons. The fourth-order valence-electron chi connectivity index (χ4n) is 3.40. The van der Waals surface area contributed by atoms with E-state index in [-0.39, 0.29) is 0 Å². The van der Waals surface area contributed by atoms with Gasteiger partial charge in [-0.25, -0.2) is 0 Å². The molecule has 0 bridgehead atoms. The summed E-state index contributed by atoms with van der Waals surface area (Å²) >= 11 is 0. The topological polar surface area (TPSA) is 24.5 Å². The summed E-state index contributed by atoms with van der Waals surface area (Å²) in [5.41, 5.74) is 4.18. The number of benzene rings is 1. The van der Waals surface area contributed by atoms with Crippen LogP contribution in [0.4, 0.5) is 5.69 Å². The molecular weight excluding hydrogens is 260 g/mol. The largest absolute Gasteiger partial charge is 0.383 e. The molecule has 0 aliphatic heterocycles. The fourth-order valence-corrected chi connectivity index (χ4v) is 3.40. The lowest BCUT2D eigenvalue weighted by Crippen LogP contribution is -2.33. The summed E-state index contributed by atoms with van der Waals surface area (Å²) in [7, 11) is 1.74. The Morgan fingerprint density at radius 2 is 2.05 bits per heavy atom. The minimum absolute atomic E-state index is 0.749. The van der Waals surface area contributed by atoms with Gasteiger partial charge in [-0.15, -0.1) is 0 Å². The van der Waals surface area contributed by atoms with Gasteiger partial charge in [0, 0.05) is 38.5 Å². The second-order valence-corrected chi connectivity index (χ2v) is 6.01. The van der Waals surface area contributed by atoms with Crippen LogP contribution < -0.4 is 10.2 Å². The molecule has 0 aromatic heterocycles. The van der Waals surface area contributed by atoms with Gasteiger partial charge in [-0.2, -0.15) is 0 Å². The molecule has 1 aromatic rings. The zero-order chi connectivity index (χ0) is 15.1. The molecule has 0 heterocycles. The Morgan fingerprint density at radius 1 is 1.29 bits per heavy atom. The minimum Gasteiger partial charge on any atom is -0.383 e. The number of rotatable bonds is 8. The highest BCUT2D eigenvalue weighted by Crippen LogP contribution is 2.30. The second-order valence-electron chi connectivity index (χ2n) is 6.01. The van der Waals surface area contributed by atoms with E-state index in [1.165, 1.54) is 42.5 Å². The van der Waals surface area contributed by atoms with E-state index in [0.29, 0.717) is 0 Å². The van der Waals surface area contributed by atoms with Crippen molar-refractivity contribution in [2.24, 2.45) is 0 Å². The molecule has 1 N–H and O–H groups in total. The molecule has 0 atom stereocenters. The zero-order valence-electron chi connectivity index (χ0n) is 13.8. The maximum Gasteiger partial charge on any atom is 0.0587 e. The smallest absolute Gasteiger partial charge is 0.0587 e. The number of ether oxygens (including phenoxy) is 1. The van der Waals surface area contributed by atoms with Crippen LogP contribution in [0.1, 0.15) is 43.7 Å². The summed E-state index contributed by atoms with van der Waals surface area (Å²) in [5, 5.41) is 3.41. The first-order valence-electron chi connectivity index (χ1n) is 8.32. The van der Waals surface area contributed by atoms with Gasteiger partial charge in [0.15, 0.2) is 0 Å². The van der Waals surface area contributed by atoms with E-state index in [9.17, 15) is 0 Å². The molecule has 21 heavy (non-hydrogen) atoms. The number of aryl methyl sites for hydroxylation is 1. The van der Waals surface area contributed by atoms with Crippen molar-refractivity contribution in [3.05, 3.63) is 29.3 Å². The van der Waals surface area contributed by atoms with Crippen LogP contribution in [0.2, 0.25) is 0 Å². The lowest BCUT2D eigenvalue weighted by Gasteiger charge is -2.31. The lowest BCUT2D eigenvalue weighted by molar-refractivity contribution is 0.199. The van der Waals surface area contributed by atoms with Crippen molar-refractivity contribution in [3.63, 3.8) is 0 Å². The van der Waals surface area contributed by atoms with Crippen molar-refractivity contribution < 1.29 is 4.74 Å². The number of hydrogen-bond acceptors (Lipinski definition) is 3. The summed E-state index contributed by atoms with van der Waals surface area (Å²) in [5.74, 6) is 0. The maximum absolute atomic E-state index is 5.06. The number of methoxy groups -OCH3 is 1. The van der Waals surface area contributed by atoms with Crippen molar-refractivity contribution >= 4 is 5.69 Å². The van der Waals surface area contributed by atoms with Gasteiger partial charge in [0.2, 0.25) is 0 Å². The molecule has 0 saturated heterocycles. The SMILES string of the molecule is CCN(c1ccc(CNCCOC)cc1C)C1CCCC1. The minimum atomic E-state index is 0.749. The Hall–Kier alpha value is -1.06. The van der Waals surface area contributed by atoms with Gasteiger partial charge in [0.1, 0.15) is 0 Å². The van der Waals surface area contributed by atoms with Crippen LogP contribution in [0.25, 0.3) is 0 Å². The molecule has 0 spiro atoms. The van der Waals surface area contributed by atoms with E-state index in [1.807, 2.05) is 0 Å². The summed E-state index contributed by atoms with van der Waals surface area (Å²) in [6, 6.07) is 7.65. The molecule has 0 amide bonds. The van der Waals surface area contributed by atoms with E-state index in [0.717, 1.165) is 32.3 Å². The summed E-state index contributed by atoms with van der Waals surface area (Å²) in [6.45, 7) is 8.21. The van der Waals surface area contributed by atoms with Gasteiger partial charge >= 0.3 is 0 Å².